The molecular formula is C11H10ClNOS. The third kappa shape index (κ3) is 3.22. The molecule has 0 N–H and O–H groups in total. The van der Waals surface area contributed by atoms with E-state index in [1.807, 2.05) is 6.07 Å². The SMILES string of the molecule is Clc1ccc(OCCc2cccs2)nc1. The van der Waals surface area contributed by atoms with E-state index in [0.29, 0.717) is 17.5 Å². The Bertz CT molecular complexity index is 399. The maximum atomic E-state index is 5.71. The van der Waals surface area contributed by atoms with E-state index in [1.54, 1.807) is 29.7 Å². The molecule has 0 fully saturated rings. The van der Waals surface area contributed by atoms with Gasteiger partial charge in [-0.2, -0.15) is 0 Å². The number of rotatable bonds is 4. The second-order valence-corrected chi connectivity index (χ2v) is 4.46. The van der Waals surface area contributed by atoms with E-state index in [-0.39, 0.29) is 0 Å². The fourth-order valence-electron chi connectivity index (χ4n) is 1.16. The second kappa shape index (κ2) is 5.14. The Morgan fingerprint density at radius 2 is 2.27 bits per heavy atom. The van der Waals surface area contributed by atoms with Crippen LogP contribution in [0.4, 0.5) is 0 Å². The third-order valence-corrected chi connectivity index (χ3v) is 3.04. The molecule has 0 amide bonds. The first-order valence-corrected chi connectivity index (χ1v) is 5.87. The van der Waals surface area contributed by atoms with Crippen molar-refractivity contribution in [1.82, 2.24) is 4.98 Å². The summed E-state index contributed by atoms with van der Waals surface area (Å²) in [5, 5.41) is 2.69. The summed E-state index contributed by atoms with van der Waals surface area (Å²) in [7, 11) is 0. The normalized spacial score (nSPS) is 10.2. The Hall–Kier alpha value is -1.06. The van der Waals surface area contributed by atoms with Gasteiger partial charge in [0.05, 0.1) is 11.6 Å². The van der Waals surface area contributed by atoms with Crippen molar-refractivity contribution in [3.63, 3.8) is 0 Å². The Balaban J connectivity index is 1.81. The van der Waals surface area contributed by atoms with Crippen LogP contribution in [0.25, 0.3) is 0 Å². The first kappa shape index (κ1) is 10.5. The van der Waals surface area contributed by atoms with Crippen LogP contribution in [0.2, 0.25) is 5.02 Å². The highest BCUT2D eigenvalue weighted by Crippen LogP contribution is 2.13. The van der Waals surface area contributed by atoms with Crippen LogP contribution >= 0.6 is 22.9 Å². The van der Waals surface area contributed by atoms with Crippen molar-refractivity contribution in [2.45, 2.75) is 6.42 Å². The molecule has 4 heteroatoms. The van der Waals surface area contributed by atoms with Gasteiger partial charge < -0.3 is 4.74 Å². The minimum atomic E-state index is 0.621. The lowest BCUT2D eigenvalue weighted by Crippen LogP contribution is -2.01. The maximum absolute atomic E-state index is 5.71. The van der Waals surface area contributed by atoms with Crippen molar-refractivity contribution in [3.8, 4) is 5.88 Å². The molecule has 0 aromatic carbocycles. The van der Waals surface area contributed by atoms with E-state index in [9.17, 15) is 0 Å². The van der Waals surface area contributed by atoms with Crippen molar-refractivity contribution < 1.29 is 4.74 Å². The van der Waals surface area contributed by atoms with Gasteiger partial charge in [0.25, 0.3) is 0 Å². The fourth-order valence-corrected chi connectivity index (χ4v) is 1.96. The average Bonchev–Trinajstić information content (AvgIpc) is 2.74. The number of halogens is 1. The molecular weight excluding hydrogens is 230 g/mol. The van der Waals surface area contributed by atoms with E-state index in [2.05, 4.69) is 16.4 Å². The summed E-state index contributed by atoms with van der Waals surface area (Å²) in [5.41, 5.74) is 0. The molecule has 0 atom stereocenters. The second-order valence-electron chi connectivity index (χ2n) is 2.99. The summed E-state index contributed by atoms with van der Waals surface area (Å²) >= 11 is 7.45. The molecule has 0 spiro atoms. The van der Waals surface area contributed by atoms with Crippen LogP contribution in [0.15, 0.2) is 35.8 Å². The summed E-state index contributed by atoms with van der Waals surface area (Å²) in [5.74, 6) is 0.621. The first-order chi connectivity index (χ1) is 7.34. The van der Waals surface area contributed by atoms with E-state index in [4.69, 9.17) is 16.3 Å². The van der Waals surface area contributed by atoms with Gasteiger partial charge in [0.15, 0.2) is 0 Å². The van der Waals surface area contributed by atoms with Gasteiger partial charge in [-0.3, -0.25) is 0 Å². The first-order valence-electron chi connectivity index (χ1n) is 4.61. The maximum Gasteiger partial charge on any atom is 0.213 e. The number of hydrogen-bond acceptors (Lipinski definition) is 3. The zero-order chi connectivity index (χ0) is 10.5. The number of nitrogens with zero attached hydrogens (tertiary/aromatic N) is 1. The molecule has 2 rings (SSSR count). The van der Waals surface area contributed by atoms with Gasteiger partial charge in [0.1, 0.15) is 0 Å². The summed E-state index contributed by atoms with van der Waals surface area (Å²) in [6, 6.07) is 7.69. The van der Waals surface area contributed by atoms with E-state index in [1.165, 1.54) is 4.88 Å². The van der Waals surface area contributed by atoms with Crippen LogP contribution < -0.4 is 4.74 Å². The molecule has 2 nitrogen and oxygen atoms in total. The van der Waals surface area contributed by atoms with Crippen molar-refractivity contribution in [3.05, 3.63) is 45.7 Å². The number of pyridine rings is 1. The van der Waals surface area contributed by atoms with Gasteiger partial charge in [0.2, 0.25) is 5.88 Å². The zero-order valence-electron chi connectivity index (χ0n) is 8.02. The van der Waals surface area contributed by atoms with Crippen LogP contribution in [0.5, 0.6) is 5.88 Å². The topological polar surface area (TPSA) is 22.1 Å². The summed E-state index contributed by atoms with van der Waals surface area (Å²) in [4.78, 5) is 5.37. The van der Waals surface area contributed by atoms with Gasteiger partial charge in [0, 0.05) is 23.6 Å². The number of ether oxygens (including phenoxy) is 1. The highest BCUT2D eigenvalue weighted by Gasteiger charge is 1.97. The Labute approximate surface area is 97.5 Å². The molecule has 15 heavy (non-hydrogen) atoms. The Morgan fingerprint density at radius 3 is 2.93 bits per heavy atom. The predicted octanol–water partition coefficient (Wildman–Crippen LogP) is 3.42. The van der Waals surface area contributed by atoms with Gasteiger partial charge in [-0.05, 0) is 17.5 Å². The molecule has 2 aromatic rings. The average molecular weight is 240 g/mol. The molecule has 0 aliphatic heterocycles. The third-order valence-electron chi connectivity index (χ3n) is 1.88. The van der Waals surface area contributed by atoms with Crippen molar-refractivity contribution in [2.24, 2.45) is 0 Å². The monoisotopic (exact) mass is 239 g/mol. The van der Waals surface area contributed by atoms with Crippen molar-refractivity contribution in [1.29, 1.82) is 0 Å². The van der Waals surface area contributed by atoms with Crippen molar-refractivity contribution in [2.75, 3.05) is 6.61 Å². The molecule has 0 aliphatic rings. The molecule has 0 saturated heterocycles. The molecule has 0 bridgehead atoms. The summed E-state index contributed by atoms with van der Waals surface area (Å²) in [6.07, 6.45) is 2.50. The molecule has 78 valence electrons. The minimum Gasteiger partial charge on any atom is -0.477 e. The van der Waals surface area contributed by atoms with Crippen LogP contribution in [-0.2, 0) is 6.42 Å². The minimum absolute atomic E-state index is 0.621. The quantitative estimate of drug-likeness (QED) is 0.816. The standard InChI is InChI=1S/C11H10ClNOS/c12-9-3-4-11(13-8-9)14-6-5-10-2-1-7-15-10/h1-4,7-8H,5-6H2. The fraction of sp³-hybridized carbons (Fsp3) is 0.182. The van der Waals surface area contributed by atoms with Crippen LogP contribution in [0, 0.1) is 0 Å². The van der Waals surface area contributed by atoms with Crippen LogP contribution in [0.3, 0.4) is 0 Å². The summed E-state index contributed by atoms with van der Waals surface area (Å²) < 4.78 is 5.47. The van der Waals surface area contributed by atoms with E-state index < -0.39 is 0 Å². The molecule has 0 unspecified atom stereocenters. The number of hydrogen-bond donors (Lipinski definition) is 0. The van der Waals surface area contributed by atoms with Gasteiger partial charge in [-0.25, -0.2) is 4.98 Å². The van der Waals surface area contributed by atoms with E-state index in [0.717, 1.165) is 6.42 Å². The molecule has 0 radical (unpaired) electrons. The summed E-state index contributed by atoms with van der Waals surface area (Å²) in [6.45, 7) is 0.648. The molecule has 0 saturated carbocycles. The predicted molar refractivity (Wildman–Crippen MR) is 62.8 cm³/mol. The number of aromatic nitrogens is 1. The molecule has 2 aromatic heterocycles. The molecule has 0 aliphatic carbocycles. The van der Waals surface area contributed by atoms with Gasteiger partial charge >= 0.3 is 0 Å². The van der Waals surface area contributed by atoms with Crippen molar-refractivity contribution >= 4 is 22.9 Å². The van der Waals surface area contributed by atoms with Gasteiger partial charge in [-0.15, -0.1) is 11.3 Å². The lowest BCUT2D eigenvalue weighted by Gasteiger charge is -2.03. The number of thiophene rings is 1. The van der Waals surface area contributed by atoms with Crippen LogP contribution in [0.1, 0.15) is 4.88 Å². The Kier molecular flexibility index (Phi) is 3.59. The highest BCUT2D eigenvalue weighted by molar-refractivity contribution is 7.09. The molecule has 2 heterocycles. The zero-order valence-corrected chi connectivity index (χ0v) is 9.59. The van der Waals surface area contributed by atoms with E-state index >= 15 is 0 Å². The smallest absolute Gasteiger partial charge is 0.213 e. The highest BCUT2D eigenvalue weighted by atomic mass is 35.5. The largest absolute Gasteiger partial charge is 0.477 e. The lowest BCUT2D eigenvalue weighted by molar-refractivity contribution is 0.310. The van der Waals surface area contributed by atoms with Gasteiger partial charge in [-0.1, -0.05) is 17.7 Å². The lowest BCUT2D eigenvalue weighted by atomic mass is 10.4. The van der Waals surface area contributed by atoms with Crippen LogP contribution in [-0.4, -0.2) is 11.6 Å². The Morgan fingerprint density at radius 1 is 1.33 bits per heavy atom.